The Kier molecular flexibility index (Phi) is 4.74. The fourth-order valence-electron chi connectivity index (χ4n) is 1.75. The molecule has 0 aliphatic carbocycles. The Bertz CT molecular complexity index is 549. The van der Waals surface area contributed by atoms with E-state index in [9.17, 15) is 9.90 Å². The highest BCUT2D eigenvalue weighted by Crippen LogP contribution is 2.30. The third kappa shape index (κ3) is 3.65. The van der Waals surface area contributed by atoms with Crippen molar-refractivity contribution >= 4 is 33.2 Å². The fraction of sp³-hybridized carbons (Fsp3) is 0.214. The third-order valence-corrected chi connectivity index (χ3v) is 4.96. The molecule has 3 nitrogen and oxygen atoms in total. The quantitative estimate of drug-likeness (QED) is 0.872. The van der Waals surface area contributed by atoms with Crippen LogP contribution in [0.2, 0.25) is 0 Å². The van der Waals surface area contributed by atoms with Crippen LogP contribution < -0.4 is 5.32 Å². The van der Waals surface area contributed by atoms with Gasteiger partial charge in [0.1, 0.15) is 6.04 Å². The van der Waals surface area contributed by atoms with Gasteiger partial charge in [0.2, 0.25) is 0 Å². The first-order valence-corrected chi connectivity index (χ1v) is 7.45. The molecule has 2 rings (SSSR count). The summed E-state index contributed by atoms with van der Waals surface area (Å²) in [5, 5.41) is 12.4. The van der Waals surface area contributed by atoms with E-state index < -0.39 is 12.0 Å². The highest BCUT2D eigenvalue weighted by Gasteiger charge is 2.21. The maximum Gasteiger partial charge on any atom is 0.326 e. The molecule has 1 atom stereocenters. The largest absolute Gasteiger partial charge is 0.480 e. The number of hydrogen-bond acceptors (Lipinski definition) is 3. The molecule has 0 fully saturated rings. The van der Waals surface area contributed by atoms with Crippen molar-refractivity contribution in [2.45, 2.75) is 19.5 Å². The second-order valence-electron chi connectivity index (χ2n) is 4.19. The van der Waals surface area contributed by atoms with E-state index in [1.54, 1.807) is 0 Å². The van der Waals surface area contributed by atoms with E-state index in [4.69, 9.17) is 0 Å². The summed E-state index contributed by atoms with van der Waals surface area (Å²) in [5.41, 5.74) is 1.07. The standard InChI is InChI=1S/C14H14BrNO2S/c1-9-11(15)7-12(19-9)13(14(17)18)16-8-10-5-3-2-4-6-10/h2-7,13,16H,8H2,1H3,(H,17,18). The lowest BCUT2D eigenvalue weighted by Gasteiger charge is -2.12. The van der Waals surface area contributed by atoms with E-state index in [1.807, 2.05) is 43.3 Å². The van der Waals surface area contributed by atoms with Crippen molar-refractivity contribution in [1.82, 2.24) is 5.32 Å². The minimum atomic E-state index is -0.857. The van der Waals surface area contributed by atoms with Gasteiger partial charge in [-0.2, -0.15) is 0 Å². The maximum atomic E-state index is 11.4. The predicted molar refractivity (Wildman–Crippen MR) is 80.4 cm³/mol. The lowest BCUT2D eigenvalue weighted by Crippen LogP contribution is -2.27. The Morgan fingerprint density at radius 1 is 1.42 bits per heavy atom. The minimum absolute atomic E-state index is 0.534. The van der Waals surface area contributed by atoms with Crippen LogP contribution in [0.15, 0.2) is 40.9 Å². The molecule has 0 amide bonds. The lowest BCUT2D eigenvalue weighted by atomic mass is 10.2. The number of carboxylic acid groups (broad SMARTS) is 1. The fourth-order valence-corrected chi connectivity index (χ4v) is 3.38. The molecule has 2 aromatic rings. The van der Waals surface area contributed by atoms with Crippen LogP contribution in [0.5, 0.6) is 0 Å². The number of hydrogen-bond donors (Lipinski definition) is 2. The van der Waals surface area contributed by atoms with Gasteiger partial charge in [-0.3, -0.25) is 10.1 Å². The van der Waals surface area contributed by atoms with Gasteiger partial charge in [-0.05, 0) is 34.5 Å². The van der Waals surface area contributed by atoms with Gasteiger partial charge < -0.3 is 5.11 Å². The molecule has 1 heterocycles. The van der Waals surface area contributed by atoms with Gasteiger partial charge in [0.05, 0.1) is 0 Å². The minimum Gasteiger partial charge on any atom is -0.480 e. The average Bonchev–Trinajstić information content (AvgIpc) is 2.70. The monoisotopic (exact) mass is 339 g/mol. The average molecular weight is 340 g/mol. The normalized spacial score (nSPS) is 12.3. The summed E-state index contributed by atoms with van der Waals surface area (Å²) >= 11 is 4.91. The zero-order valence-corrected chi connectivity index (χ0v) is 12.8. The van der Waals surface area contributed by atoms with Gasteiger partial charge in [-0.1, -0.05) is 30.3 Å². The summed E-state index contributed by atoms with van der Waals surface area (Å²) in [5.74, 6) is -0.857. The molecule has 0 spiro atoms. The second kappa shape index (κ2) is 6.32. The Hall–Kier alpha value is -1.17. The number of carbonyl (C=O) groups is 1. The SMILES string of the molecule is Cc1sc(C(NCc2ccccc2)C(=O)O)cc1Br. The number of rotatable bonds is 5. The zero-order chi connectivity index (χ0) is 13.8. The van der Waals surface area contributed by atoms with E-state index in [0.717, 1.165) is 19.8 Å². The smallest absolute Gasteiger partial charge is 0.326 e. The van der Waals surface area contributed by atoms with Gasteiger partial charge in [0.25, 0.3) is 0 Å². The molecule has 1 unspecified atom stereocenters. The first kappa shape index (κ1) is 14.2. The van der Waals surface area contributed by atoms with Crippen LogP contribution in [-0.2, 0) is 11.3 Å². The van der Waals surface area contributed by atoms with Gasteiger partial charge >= 0.3 is 5.97 Å². The number of aliphatic carboxylic acids is 1. The van der Waals surface area contributed by atoms with Crippen LogP contribution in [0, 0.1) is 6.92 Å². The molecule has 0 aliphatic rings. The van der Waals surface area contributed by atoms with Crippen LogP contribution >= 0.6 is 27.3 Å². The van der Waals surface area contributed by atoms with Gasteiger partial charge in [0.15, 0.2) is 0 Å². The molecular weight excluding hydrogens is 326 g/mol. The lowest BCUT2D eigenvalue weighted by molar-refractivity contribution is -0.139. The molecule has 0 aliphatic heterocycles. The molecule has 0 bridgehead atoms. The molecule has 0 saturated heterocycles. The van der Waals surface area contributed by atoms with E-state index in [2.05, 4.69) is 21.2 Å². The number of nitrogens with one attached hydrogen (secondary N) is 1. The Labute approximate surface area is 124 Å². The molecular formula is C14H14BrNO2S. The van der Waals surface area contributed by atoms with Crippen LogP contribution in [0.1, 0.15) is 21.4 Å². The topological polar surface area (TPSA) is 49.3 Å². The van der Waals surface area contributed by atoms with Crippen molar-refractivity contribution in [3.05, 3.63) is 56.2 Å². The molecule has 5 heteroatoms. The number of halogens is 1. The summed E-state index contributed by atoms with van der Waals surface area (Å²) < 4.78 is 0.959. The summed E-state index contributed by atoms with van der Waals surface area (Å²) in [7, 11) is 0. The highest BCUT2D eigenvalue weighted by molar-refractivity contribution is 9.10. The second-order valence-corrected chi connectivity index (χ2v) is 6.33. The summed E-state index contributed by atoms with van der Waals surface area (Å²) in [4.78, 5) is 13.3. The van der Waals surface area contributed by atoms with Crippen molar-refractivity contribution < 1.29 is 9.90 Å². The highest BCUT2D eigenvalue weighted by atomic mass is 79.9. The summed E-state index contributed by atoms with van der Waals surface area (Å²) in [6.45, 7) is 2.50. The number of carboxylic acids is 1. The molecule has 1 aromatic heterocycles. The van der Waals surface area contributed by atoms with Crippen LogP contribution in [0.25, 0.3) is 0 Å². The van der Waals surface area contributed by atoms with Crippen LogP contribution in [0.3, 0.4) is 0 Å². The van der Waals surface area contributed by atoms with Crippen LogP contribution in [-0.4, -0.2) is 11.1 Å². The van der Waals surface area contributed by atoms with Crippen molar-refractivity contribution in [3.63, 3.8) is 0 Å². The first-order valence-electron chi connectivity index (χ1n) is 5.84. The zero-order valence-electron chi connectivity index (χ0n) is 10.4. The van der Waals surface area contributed by atoms with Crippen molar-refractivity contribution in [2.75, 3.05) is 0 Å². The maximum absolute atomic E-state index is 11.4. The number of aryl methyl sites for hydroxylation is 1. The molecule has 1 aromatic carbocycles. The number of benzene rings is 1. The number of thiophene rings is 1. The van der Waals surface area contributed by atoms with Gasteiger partial charge in [-0.15, -0.1) is 11.3 Å². The van der Waals surface area contributed by atoms with Crippen molar-refractivity contribution in [3.8, 4) is 0 Å². The summed E-state index contributed by atoms with van der Waals surface area (Å²) in [6.07, 6.45) is 0. The van der Waals surface area contributed by atoms with Gasteiger partial charge in [0, 0.05) is 20.8 Å². The van der Waals surface area contributed by atoms with Crippen molar-refractivity contribution in [2.24, 2.45) is 0 Å². The molecule has 100 valence electrons. The van der Waals surface area contributed by atoms with E-state index in [1.165, 1.54) is 11.3 Å². The molecule has 19 heavy (non-hydrogen) atoms. The Morgan fingerprint density at radius 3 is 2.63 bits per heavy atom. The first-order chi connectivity index (χ1) is 9.08. The van der Waals surface area contributed by atoms with E-state index >= 15 is 0 Å². The van der Waals surface area contributed by atoms with Crippen LogP contribution in [0.4, 0.5) is 0 Å². The summed E-state index contributed by atoms with van der Waals surface area (Å²) in [6, 6.07) is 11.0. The van der Waals surface area contributed by atoms with Gasteiger partial charge in [-0.25, -0.2) is 0 Å². The Morgan fingerprint density at radius 2 is 2.11 bits per heavy atom. The Balaban J connectivity index is 2.11. The molecule has 2 N–H and O–H groups in total. The molecule has 0 radical (unpaired) electrons. The van der Waals surface area contributed by atoms with Crippen molar-refractivity contribution in [1.29, 1.82) is 0 Å². The third-order valence-electron chi connectivity index (χ3n) is 2.76. The van der Waals surface area contributed by atoms with E-state index in [0.29, 0.717) is 6.54 Å². The molecule has 0 saturated carbocycles. The predicted octanol–water partition coefficient (Wildman–Crippen LogP) is 3.73. The van der Waals surface area contributed by atoms with E-state index in [-0.39, 0.29) is 0 Å².